The third kappa shape index (κ3) is 5.90. The van der Waals surface area contributed by atoms with Gasteiger partial charge in [-0.2, -0.15) is 4.31 Å². The largest absolute Gasteiger partial charge is 0.480 e. The van der Waals surface area contributed by atoms with E-state index in [1.54, 1.807) is 67.6 Å². The van der Waals surface area contributed by atoms with Crippen LogP contribution in [0.5, 0.6) is 11.5 Å². The van der Waals surface area contributed by atoms with Crippen molar-refractivity contribution < 1.29 is 32.6 Å². The van der Waals surface area contributed by atoms with Crippen molar-refractivity contribution in [2.75, 3.05) is 13.2 Å². The molecule has 1 N–H and O–H groups in total. The highest BCUT2D eigenvalue weighted by molar-refractivity contribution is 7.89. The molecular formula is C32H28ClNO7S. The topological polar surface area (TPSA) is 110 Å². The van der Waals surface area contributed by atoms with Crippen LogP contribution in [0.4, 0.5) is 0 Å². The smallest absolute Gasteiger partial charge is 0.325 e. The number of carbonyl (C=O) groups is 2. The number of halogens is 1. The van der Waals surface area contributed by atoms with Gasteiger partial charge in [-0.25, -0.2) is 8.42 Å². The Balaban J connectivity index is 1.49. The first-order valence-corrected chi connectivity index (χ1v) is 15.1. The lowest BCUT2D eigenvalue weighted by Crippen LogP contribution is -2.50. The predicted molar refractivity (Wildman–Crippen MR) is 158 cm³/mol. The van der Waals surface area contributed by atoms with Gasteiger partial charge in [0, 0.05) is 10.9 Å². The van der Waals surface area contributed by atoms with Crippen LogP contribution in [0, 0.1) is 0 Å². The van der Waals surface area contributed by atoms with E-state index in [4.69, 9.17) is 21.1 Å². The Morgan fingerprint density at radius 1 is 0.905 bits per heavy atom. The highest BCUT2D eigenvalue weighted by atomic mass is 35.5. The maximum absolute atomic E-state index is 14.1. The lowest BCUT2D eigenvalue weighted by molar-refractivity contribution is -0.147. The fourth-order valence-corrected chi connectivity index (χ4v) is 6.88. The number of hydrogen-bond acceptors (Lipinski definition) is 6. The zero-order valence-corrected chi connectivity index (χ0v) is 24.2. The fourth-order valence-electron chi connectivity index (χ4n) is 5.04. The Hall–Kier alpha value is -4.18. The number of ether oxygens (including phenoxy) is 2. The van der Waals surface area contributed by atoms with Crippen molar-refractivity contribution in [1.82, 2.24) is 4.31 Å². The summed E-state index contributed by atoms with van der Waals surface area (Å²) in [6.45, 7) is 0.861. The Morgan fingerprint density at radius 2 is 1.52 bits per heavy atom. The fraction of sp³-hybridized carbons (Fsp3) is 0.188. The molecule has 1 aliphatic carbocycles. The molecule has 10 heteroatoms. The molecule has 1 saturated carbocycles. The Kier molecular flexibility index (Phi) is 8.36. The molecule has 0 aliphatic heterocycles. The van der Waals surface area contributed by atoms with Crippen LogP contribution in [0.1, 0.15) is 24.8 Å². The third-order valence-electron chi connectivity index (χ3n) is 7.18. The van der Waals surface area contributed by atoms with E-state index in [-0.39, 0.29) is 17.9 Å². The van der Waals surface area contributed by atoms with Crippen molar-refractivity contribution in [1.29, 1.82) is 0 Å². The minimum atomic E-state index is -4.46. The van der Waals surface area contributed by atoms with E-state index in [1.165, 1.54) is 12.1 Å². The quantitative estimate of drug-likeness (QED) is 0.198. The van der Waals surface area contributed by atoms with Gasteiger partial charge in [-0.3, -0.25) is 9.59 Å². The molecule has 0 aromatic heterocycles. The molecule has 1 fully saturated rings. The van der Waals surface area contributed by atoms with Crippen molar-refractivity contribution >= 4 is 33.6 Å². The molecule has 1 aliphatic rings. The van der Waals surface area contributed by atoms with Gasteiger partial charge in [-0.05, 0) is 78.6 Å². The summed E-state index contributed by atoms with van der Waals surface area (Å²) in [7, 11) is -4.46. The number of benzene rings is 4. The van der Waals surface area contributed by atoms with Crippen molar-refractivity contribution in [2.45, 2.75) is 29.7 Å². The van der Waals surface area contributed by atoms with Gasteiger partial charge in [0.2, 0.25) is 10.0 Å². The first-order chi connectivity index (χ1) is 20.1. The van der Waals surface area contributed by atoms with E-state index in [0.29, 0.717) is 22.1 Å². The third-order valence-corrected chi connectivity index (χ3v) is 9.34. The molecule has 0 spiro atoms. The minimum absolute atomic E-state index is 0.0187. The summed E-state index contributed by atoms with van der Waals surface area (Å²) in [5.74, 6) is -1.85. The Labute approximate surface area is 249 Å². The van der Waals surface area contributed by atoms with Gasteiger partial charge < -0.3 is 14.6 Å². The summed E-state index contributed by atoms with van der Waals surface area (Å²) in [4.78, 5) is 25.4. The molecule has 4 aromatic carbocycles. The first kappa shape index (κ1) is 29.3. The molecule has 216 valence electrons. The minimum Gasteiger partial charge on any atom is -0.480 e. The molecule has 2 atom stereocenters. The van der Waals surface area contributed by atoms with Crippen LogP contribution in [0.3, 0.4) is 0 Å². The van der Waals surface area contributed by atoms with Crippen molar-refractivity contribution in [3.8, 4) is 22.6 Å². The summed E-state index contributed by atoms with van der Waals surface area (Å²) in [5, 5.41) is 11.1. The molecule has 0 amide bonds. The van der Waals surface area contributed by atoms with E-state index in [0.717, 1.165) is 15.4 Å². The number of carboxylic acids is 1. The van der Waals surface area contributed by atoms with Crippen molar-refractivity contribution in [3.05, 3.63) is 114 Å². The zero-order chi connectivity index (χ0) is 29.9. The number of esters is 1. The molecule has 0 saturated heterocycles. The number of hydrogen-bond donors (Lipinski definition) is 1. The van der Waals surface area contributed by atoms with Crippen LogP contribution in [0.2, 0.25) is 5.02 Å². The van der Waals surface area contributed by atoms with Gasteiger partial charge in [-0.15, -0.1) is 0 Å². The zero-order valence-electron chi connectivity index (χ0n) is 22.6. The summed E-state index contributed by atoms with van der Waals surface area (Å²) < 4.78 is 39.8. The molecule has 5 rings (SSSR count). The SMILES string of the molecule is CCOC(=O)CN(C1(C(=O)O)CC1c1cccc(Oc2ccccc2)c1)S(=O)(=O)c1ccc(-c2ccc(Cl)cc2)cc1. The van der Waals surface area contributed by atoms with Crippen LogP contribution in [0.25, 0.3) is 11.1 Å². The lowest BCUT2D eigenvalue weighted by Gasteiger charge is -2.28. The molecule has 42 heavy (non-hydrogen) atoms. The van der Waals surface area contributed by atoms with Gasteiger partial charge in [0.1, 0.15) is 23.6 Å². The summed E-state index contributed by atoms with van der Waals surface area (Å²) in [5.41, 5.74) is 0.253. The van der Waals surface area contributed by atoms with Crippen LogP contribution in [0.15, 0.2) is 108 Å². The van der Waals surface area contributed by atoms with Gasteiger partial charge in [0.05, 0.1) is 11.5 Å². The van der Waals surface area contributed by atoms with Crippen molar-refractivity contribution in [2.24, 2.45) is 0 Å². The normalized spacial score (nSPS) is 17.9. The Morgan fingerprint density at radius 3 is 2.14 bits per heavy atom. The van der Waals surface area contributed by atoms with Crippen molar-refractivity contribution in [3.63, 3.8) is 0 Å². The number of carbonyl (C=O) groups excluding carboxylic acids is 1. The van der Waals surface area contributed by atoms with Gasteiger partial charge in [0.25, 0.3) is 0 Å². The Bertz CT molecular complexity index is 1690. The second kappa shape index (κ2) is 12.0. The molecule has 0 radical (unpaired) electrons. The van der Waals surface area contributed by atoms with E-state index >= 15 is 0 Å². The number of rotatable bonds is 11. The average molecular weight is 606 g/mol. The number of nitrogens with zero attached hydrogens (tertiary/aromatic N) is 1. The predicted octanol–water partition coefficient (Wildman–Crippen LogP) is 6.36. The van der Waals surface area contributed by atoms with E-state index in [9.17, 15) is 23.1 Å². The van der Waals surface area contributed by atoms with Gasteiger partial charge in [0.15, 0.2) is 0 Å². The molecular weight excluding hydrogens is 578 g/mol. The number of carboxylic acid groups (broad SMARTS) is 1. The molecule has 4 aromatic rings. The number of para-hydroxylation sites is 1. The highest BCUT2D eigenvalue weighted by Crippen LogP contribution is 2.57. The van der Waals surface area contributed by atoms with Gasteiger partial charge >= 0.3 is 11.9 Å². The monoisotopic (exact) mass is 605 g/mol. The second-order valence-electron chi connectivity index (χ2n) is 9.82. The molecule has 2 unspecified atom stereocenters. The average Bonchev–Trinajstić information content (AvgIpc) is 3.74. The summed E-state index contributed by atoms with van der Waals surface area (Å²) in [6, 6.07) is 29.1. The lowest BCUT2D eigenvalue weighted by atomic mass is 10.1. The molecule has 8 nitrogen and oxygen atoms in total. The maximum atomic E-state index is 14.1. The van der Waals surface area contributed by atoms with E-state index < -0.39 is 40.0 Å². The summed E-state index contributed by atoms with van der Waals surface area (Å²) in [6.07, 6.45) is -0.0291. The number of sulfonamides is 1. The van der Waals surface area contributed by atoms with Crippen LogP contribution < -0.4 is 4.74 Å². The van der Waals surface area contributed by atoms with Gasteiger partial charge in [-0.1, -0.05) is 66.2 Å². The molecule has 0 bridgehead atoms. The van der Waals surface area contributed by atoms with Crippen LogP contribution >= 0.6 is 11.6 Å². The second-order valence-corrected chi connectivity index (χ2v) is 12.1. The highest BCUT2D eigenvalue weighted by Gasteiger charge is 2.68. The van der Waals surface area contributed by atoms with E-state index in [2.05, 4.69) is 0 Å². The van der Waals surface area contributed by atoms with Crippen LogP contribution in [-0.4, -0.2) is 48.5 Å². The maximum Gasteiger partial charge on any atom is 0.325 e. The van der Waals surface area contributed by atoms with Crippen LogP contribution in [-0.2, 0) is 24.3 Å². The standard InChI is InChI=1S/C32H28ClNO7S/c1-2-40-30(35)21-34(42(38,39)28-17-13-23(14-18-28)22-11-15-25(33)16-12-22)32(31(36)37)20-29(32)24-7-6-10-27(19-24)41-26-8-4-3-5-9-26/h3-19,29H,2,20-21H2,1H3,(H,36,37). The number of aliphatic carboxylic acids is 1. The van der Waals surface area contributed by atoms with E-state index in [1.807, 2.05) is 30.3 Å². The first-order valence-electron chi connectivity index (χ1n) is 13.3. The summed E-state index contributed by atoms with van der Waals surface area (Å²) >= 11 is 5.98. The molecule has 0 heterocycles.